The molecule has 0 aromatic carbocycles. The van der Waals surface area contributed by atoms with Gasteiger partial charge in [-0.05, 0) is 19.1 Å². The number of nitrogens with zero attached hydrogens (tertiary/aromatic N) is 5. The molecule has 2 aromatic rings. The van der Waals surface area contributed by atoms with Crippen LogP contribution in [0.2, 0.25) is 0 Å². The molecule has 6 heteroatoms. The minimum atomic E-state index is 0.0347. The van der Waals surface area contributed by atoms with Crippen molar-refractivity contribution in [3.63, 3.8) is 0 Å². The smallest absolute Gasteiger partial charge is 0.161 e. The first-order valence-electron chi connectivity index (χ1n) is 5.82. The molecule has 92 valence electrons. The molecule has 0 aliphatic carbocycles. The van der Waals surface area contributed by atoms with Gasteiger partial charge >= 0.3 is 0 Å². The molecule has 0 bridgehead atoms. The Balaban J connectivity index is 1.82. The second-order valence-corrected chi connectivity index (χ2v) is 4.32. The molecule has 18 heavy (non-hydrogen) atoms. The second kappa shape index (κ2) is 4.21. The summed E-state index contributed by atoms with van der Waals surface area (Å²) in [6.45, 7) is 3.97. The Bertz CT molecular complexity index is 574. The van der Waals surface area contributed by atoms with Crippen molar-refractivity contribution in [3.05, 3.63) is 36.0 Å². The van der Waals surface area contributed by atoms with Gasteiger partial charge in [0.2, 0.25) is 0 Å². The summed E-state index contributed by atoms with van der Waals surface area (Å²) in [6.07, 6.45) is 3.37. The summed E-state index contributed by atoms with van der Waals surface area (Å²) >= 11 is 0. The largest absolute Gasteiger partial charge is 0.347 e. The predicted octanol–water partition coefficient (Wildman–Crippen LogP) is 0.896. The summed E-state index contributed by atoms with van der Waals surface area (Å²) in [4.78, 5) is 17.6. The lowest BCUT2D eigenvalue weighted by Gasteiger charge is -2.27. The Labute approximate surface area is 104 Å². The molecule has 3 rings (SSSR count). The normalized spacial score (nSPS) is 14.4. The van der Waals surface area contributed by atoms with Gasteiger partial charge in [-0.3, -0.25) is 4.79 Å². The maximum absolute atomic E-state index is 11.2. The molecule has 0 saturated heterocycles. The quantitative estimate of drug-likeness (QED) is 0.733. The standard InChI is InChI=1S/C12H13N5O/c1-9(18)10-2-3-11(13-6-10)16-4-5-17-8-14-15-12(17)7-16/h2-3,6,8H,4-5,7H2,1H3. The Hall–Kier alpha value is -2.24. The van der Waals surface area contributed by atoms with Gasteiger partial charge in [-0.15, -0.1) is 10.2 Å². The third-order valence-electron chi connectivity index (χ3n) is 3.12. The fraction of sp³-hybridized carbons (Fsp3) is 0.333. The summed E-state index contributed by atoms with van der Waals surface area (Å²) in [5, 5.41) is 7.96. The van der Waals surface area contributed by atoms with Crippen LogP contribution in [0, 0.1) is 0 Å². The van der Waals surface area contributed by atoms with Crippen LogP contribution in [0.25, 0.3) is 0 Å². The van der Waals surface area contributed by atoms with Crippen molar-refractivity contribution >= 4 is 11.6 Å². The minimum absolute atomic E-state index is 0.0347. The fourth-order valence-corrected chi connectivity index (χ4v) is 2.04. The Morgan fingerprint density at radius 1 is 1.33 bits per heavy atom. The zero-order valence-corrected chi connectivity index (χ0v) is 10.1. The Kier molecular flexibility index (Phi) is 2.55. The van der Waals surface area contributed by atoms with E-state index in [-0.39, 0.29) is 5.78 Å². The first-order valence-corrected chi connectivity index (χ1v) is 5.82. The van der Waals surface area contributed by atoms with Gasteiger partial charge in [-0.25, -0.2) is 4.98 Å². The third kappa shape index (κ3) is 1.85. The van der Waals surface area contributed by atoms with Crippen LogP contribution in [0.3, 0.4) is 0 Å². The van der Waals surface area contributed by atoms with Crippen molar-refractivity contribution in [1.29, 1.82) is 0 Å². The summed E-state index contributed by atoms with van der Waals surface area (Å²) in [5.74, 6) is 1.85. The van der Waals surface area contributed by atoms with Crippen LogP contribution in [0.1, 0.15) is 23.1 Å². The van der Waals surface area contributed by atoms with E-state index < -0.39 is 0 Å². The molecule has 1 aliphatic heterocycles. The van der Waals surface area contributed by atoms with Gasteiger partial charge in [0, 0.05) is 24.8 Å². The first-order chi connectivity index (χ1) is 8.74. The molecule has 0 N–H and O–H groups in total. The number of hydrogen-bond acceptors (Lipinski definition) is 5. The van der Waals surface area contributed by atoms with Crippen molar-refractivity contribution in [2.75, 3.05) is 11.4 Å². The molecule has 0 radical (unpaired) electrons. The highest BCUT2D eigenvalue weighted by atomic mass is 16.1. The number of aromatic nitrogens is 4. The van der Waals surface area contributed by atoms with Crippen molar-refractivity contribution in [2.45, 2.75) is 20.0 Å². The van der Waals surface area contributed by atoms with E-state index in [0.717, 1.165) is 24.7 Å². The lowest BCUT2D eigenvalue weighted by atomic mass is 10.2. The van der Waals surface area contributed by atoms with Gasteiger partial charge < -0.3 is 9.47 Å². The number of pyridine rings is 1. The first kappa shape index (κ1) is 10.9. The van der Waals surface area contributed by atoms with E-state index in [1.807, 2.05) is 16.7 Å². The maximum Gasteiger partial charge on any atom is 0.161 e. The van der Waals surface area contributed by atoms with E-state index in [9.17, 15) is 4.79 Å². The van der Waals surface area contributed by atoms with Gasteiger partial charge in [0.15, 0.2) is 11.6 Å². The van der Waals surface area contributed by atoms with E-state index >= 15 is 0 Å². The Morgan fingerprint density at radius 3 is 2.94 bits per heavy atom. The molecule has 0 atom stereocenters. The number of fused-ring (bicyclic) bond motifs is 1. The van der Waals surface area contributed by atoms with Crippen LogP contribution in [0.4, 0.5) is 5.82 Å². The number of ketones is 1. The molecular weight excluding hydrogens is 230 g/mol. The van der Waals surface area contributed by atoms with Crippen LogP contribution >= 0.6 is 0 Å². The van der Waals surface area contributed by atoms with Crippen molar-refractivity contribution in [3.8, 4) is 0 Å². The molecule has 6 nitrogen and oxygen atoms in total. The maximum atomic E-state index is 11.2. The van der Waals surface area contributed by atoms with E-state index in [1.54, 1.807) is 19.4 Å². The van der Waals surface area contributed by atoms with Gasteiger partial charge in [0.1, 0.15) is 12.1 Å². The monoisotopic (exact) mass is 243 g/mol. The molecule has 3 heterocycles. The lowest BCUT2D eigenvalue weighted by molar-refractivity contribution is 0.101. The average molecular weight is 243 g/mol. The number of rotatable bonds is 2. The second-order valence-electron chi connectivity index (χ2n) is 4.32. The zero-order chi connectivity index (χ0) is 12.5. The lowest BCUT2D eigenvalue weighted by Crippen LogP contribution is -2.34. The number of hydrogen-bond donors (Lipinski definition) is 0. The van der Waals surface area contributed by atoms with Crippen LogP contribution in [0.15, 0.2) is 24.7 Å². The van der Waals surface area contributed by atoms with Gasteiger partial charge in [-0.2, -0.15) is 0 Å². The van der Waals surface area contributed by atoms with E-state index in [0.29, 0.717) is 12.1 Å². The summed E-state index contributed by atoms with van der Waals surface area (Å²) < 4.78 is 2.04. The number of Topliss-reactive ketones (excluding diaryl/α,β-unsaturated/α-hetero) is 1. The molecular formula is C12H13N5O. The number of anilines is 1. The van der Waals surface area contributed by atoms with Crippen LogP contribution in [0.5, 0.6) is 0 Å². The van der Waals surface area contributed by atoms with E-state index in [1.165, 1.54) is 0 Å². The summed E-state index contributed by atoms with van der Waals surface area (Å²) in [7, 11) is 0. The highest BCUT2D eigenvalue weighted by molar-refractivity contribution is 5.93. The Morgan fingerprint density at radius 2 is 2.22 bits per heavy atom. The molecule has 1 aliphatic rings. The predicted molar refractivity (Wildman–Crippen MR) is 65.3 cm³/mol. The van der Waals surface area contributed by atoms with E-state index in [4.69, 9.17) is 0 Å². The highest BCUT2D eigenvalue weighted by Crippen LogP contribution is 2.17. The van der Waals surface area contributed by atoms with Crippen molar-refractivity contribution < 1.29 is 4.79 Å². The molecule has 2 aromatic heterocycles. The molecule has 0 amide bonds. The van der Waals surface area contributed by atoms with Crippen LogP contribution in [-0.4, -0.2) is 32.1 Å². The van der Waals surface area contributed by atoms with Gasteiger partial charge in [-0.1, -0.05) is 0 Å². The number of carbonyl (C=O) groups is 1. The van der Waals surface area contributed by atoms with Gasteiger partial charge in [0.25, 0.3) is 0 Å². The summed E-state index contributed by atoms with van der Waals surface area (Å²) in [5.41, 5.74) is 0.638. The topological polar surface area (TPSA) is 63.9 Å². The highest BCUT2D eigenvalue weighted by Gasteiger charge is 2.18. The minimum Gasteiger partial charge on any atom is -0.347 e. The molecule has 0 saturated carbocycles. The van der Waals surface area contributed by atoms with Crippen LogP contribution < -0.4 is 4.90 Å². The van der Waals surface area contributed by atoms with E-state index in [2.05, 4.69) is 20.1 Å². The average Bonchev–Trinajstić information content (AvgIpc) is 2.86. The van der Waals surface area contributed by atoms with Crippen LogP contribution in [-0.2, 0) is 13.1 Å². The van der Waals surface area contributed by atoms with Crippen molar-refractivity contribution in [1.82, 2.24) is 19.7 Å². The molecule has 0 unspecified atom stereocenters. The van der Waals surface area contributed by atoms with Gasteiger partial charge in [0.05, 0.1) is 6.54 Å². The zero-order valence-electron chi connectivity index (χ0n) is 10.1. The van der Waals surface area contributed by atoms with Crippen molar-refractivity contribution in [2.24, 2.45) is 0 Å². The fourth-order valence-electron chi connectivity index (χ4n) is 2.04. The number of carbonyl (C=O) groups excluding carboxylic acids is 1. The summed E-state index contributed by atoms with van der Waals surface area (Å²) in [6, 6.07) is 3.69. The molecule has 0 fully saturated rings. The molecule has 0 spiro atoms. The SMILES string of the molecule is CC(=O)c1ccc(N2CCn3cnnc3C2)nc1. The third-order valence-corrected chi connectivity index (χ3v) is 3.12.